The van der Waals surface area contributed by atoms with Crippen LogP contribution in [0, 0.1) is 5.92 Å². The van der Waals surface area contributed by atoms with Gasteiger partial charge in [0.2, 0.25) is 0 Å². The predicted octanol–water partition coefficient (Wildman–Crippen LogP) is 0.474. The van der Waals surface area contributed by atoms with Crippen molar-refractivity contribution in [2.45, 2.75) is 31.9 Å². The third-order valence-corrected chi connectivity index (χ3v) is 2.65. The minimum Gasteiger partial charge on any atom is -0.481 e. The predicted molar refractivity (Wildman–Crippen MR) is 48.6 cm³/mol. The van der Waals surface area contributed by atoms with E-state index in [1.165, 1.54) is 0 Å². The molecule has 0 bridgehead atoms. The molecule has 2 N–H and O–H groups in total. The van der Waals surface area contributed by atoms with E-state index in [2.05, 4.69) is 5.32 Å². The molecule has 0 aromatic heterocycles. The molecule has 1 aliphatic heterocycles. The molecule has 1 heterocycles. The third-order valence-electron chi connectivity index (χ3n) is 2.65. The minimum atomic E-state index is -0.791. The summed E-state index contributed by atoms with van der Waals surface area (Å²) in [7, 11) is 1.57. The zero-order valence-electron chi connectivity index (χ0n) is 8.12. The van der Waals surface area contributed by atoms with E-state index in [1.54, 1.807) is 14.0 Å². The molecular weight excluding hydrogens is 170 g/mol. The maximum Gasteiger partial charge on any atom is 0.308 e. The first-order chi connectivity index (χ1) is 6.16. The second kappa shape index (κ2) is 4.58. The standard InChI is InChI=1S/C9H17NO3/c1-6(9(11)12)8(13-2)7-4-3-5-10-7/h6-8,10H,3-5H2,1-2H3,(H,11,12)/t6-,7?,8-/m1/s1. The Morgan fingerprint density at radius 3 is 2.77 bits per heavy atom. The molecule has 4 nitrogen and oxygen atoms in total. The van der Waals surface area contributed by atoms with Gasteiger partial charge in [-0.3, -0.25) is 4.79 Å². The van der Waals surface area contributed by atoms with E-state index in [-0.39, 0.29) is 12.1 Å². The quantitative estimate of drug-likeness (QED) is 0.672. The smallest absolute Gasteiger partial charge is 0.308 e. The summed E-state index contributed by atoms with van der Waals surface area (Å²) in [4.78, 5) is 10.7. The van der Waals surface area contributed by atoms with Crippen molar-refractivity contribution < 1.29 is 14.6 Å². The Bertz CT molecular complexity index is 178. The van der Waals surface area contributed by atoms with Crippen LogP contribution < -0.4 is 5.32 Å². The van der Waals surface area contributed by atoms with Gasteiger partial charge in [-0.05, 0) is 26.3 Å². The van der Waals surface area contributed by atoms with Gasteiger partial charge >= 0.3 is 5.97 Å². The van der Waals surface area contributed by atoms with E-state index in [0.717, 1.165) is 19.4 Å². The van der Waals surface area contributed by atoms with Gasteiger partial charge in [-0.25, -0.2) is 0 Å². The summed E-state index contributed by atoms with van der Waals surface area (Å²) in [5.74, 6) is -1.24. The molecule has 0 aromatic rings. The second-order valence-corrected chi connectivity index (χ2v) is 3.53. The van der Waals surface area contributed by atoms with E-state index in [9.17, 15) is 4.79 Å². The lowest BCUT2D eigenvalue weighted by molar-refractivity contribution is -0.146. The summed E-state index contributed by atoms with van der Waals surface area (Å²) in [6.45, 7) is 2.66. The Kier molecular flexibility index (Phi) is 3.69. The topological polar surface area (TPSA) is 58.6 Å². The maximum atomic E-state index is 10.7. The molecule has 13 heavy (non-hydrogen) atoms. The first-order valence-corrected chi connectivity index (χ1v) is 4.65. The van der Waals surface area contributed by atoms with Crippen LogP contribution in [0.5, 0.6) is 0 Å². The van der Waals surface area contributed by atoms with Crippen molar-refractivity contribution in [2.24, 2.45) is 5.92 Å². The number of hydrogen-bond donors (Lipinski definition) is 2. The van der Waals surface area contributed by atoms with Gasteiger partial charge in [-0.1, -0.05) is 0 Å². The molecule has 1 rings (SSSR count). The van der Waals surface area contributed by atoms with Crippen LogP contribution in [0.25, 0.3) is 0 Å². The van der Waals surface area contributed by atoms with E-state index >= 15 is 0 Å². The number of carboxylic acids is 1. The van der Waals surface area contributed by atoms with Crippen LogP contribution in [0.4, 0.5) is 0 Å². The zero-order valence-corrected chi connectivity index (χ0v) is 8.12. The summed E-state index contributed by atoms with van der Waals surface area (Å²) in [5, 5.41) is 12.1. The van der Waals surface area contributed by atoms with E-state index < -0.39 is 11.9 Å². The fourth-order valence-electron chi connectivity index (χ4n) is 1.85. The normalized spacial score (nSPS) is 27.1. The van der Waals surface area contributed by atoms with Crippen molar-refractivity contribution in [1.82, 2.24) is 5.32 Å². The van der Waals surface area contributed by atoms with Gasteiger partial charge in [-0.2, -0.15) is 0 Å². The lowest BCUT2D eigenvalue weighted by Gasteiger charge is -2.25. The van der Waals surface area contributed by atoms with Crippen molar-refractivity contribution in [2.75, 3.05) is 13.7 Å². The minimum absolute atomic E-state index is 0.205. The van der Waals surface area contributed by atoms with Crippen LogP contribution in [0.1, 0.15) is 19.8 Å². The van der Waals surface area contributed by atoms with Gasteiger partial charge in [0.15, 0.2) is 0 Å². The van der Waals surface area contributed by atoms with Crippen molar-refractivity contribution in [3.63, 3.8) is 0 Å². The fourth-order valence-corrected chi connectivity index (χ4v) is 1.85. The Labute approximate surface area is 78.3 Å². The van der Waals surface area contributed by atoms with E-state index in [4.69, 9.17) is 9.84 Å². The molecule has 76 valence electrons. The van der Waals surface area contributed by atoms with Crippen LogP contribution in [-0.4, -0.2) is 36.9 Å². The summed E-state index contributed by atoms with van der Waals surface area (Å²) < 4.78 is 5.21. The van der Waals surface area contributed by atoms with E-state index in [1.807, 2.05) is 0 Å². The van der Waals surface area contributed by atoms with Crippen molar-refractivity contribution >= 4 is 5.97 Å². The van der Waals surface area contributed by atoms with E-state index in [0.29, 0.717) is 0 Å². The average Bonchev–Trinajstić information content (AvgIpc) is 2.58. The Morgan fingerprint density at radius 2 is 2.38 bits per heavy atom. The summed E-state index contributed by atoms with van der Waals surface area (Å²) >= 11 is 0. The number of carbonyl (C=O) groups is 1. The highest BCUT2D eigenvalue weighted by Gasteiger charge is 2.32. The number of methoxy groups -OCH3 is 1. The number of carboxylic acid groups (broad SMARTS) is 1. The number of nitrogens with one attached hydrogen (secondary N) is 1. The SMILES string of the molecule is CO[C@@H](C1CCCN1)[C@@H](C)C(=O)O. The Hall–Kier alpha value is -0.610. The molecule has 0 spiro atoms. The van der Waals surface area contributed by atoms with Crippen LogP contribution in [-0.2, 0) is 9.53 Å². The molecular formula is C9H17NO3. The van der Waals surface area contributed by atoms with Gasteiger partial charge in [0.25, 0.3) is 0 Å². The van der Waals surface area contributed by atoms with Gasteiger partial charge in [0.05, 0.1) is 12.0 Å². The largest absolute Gasteiger partial charge is 0.481 e. The molecule has 0 radical (unpaired) electrons. The van der Waals surface area contributed by atoms with Crippen molar-refractivity contribution in [3.8, 4) is 0 Å². The van der Waals surface area contributed by atoms with Crippen molar-refractivity contribution in [1.29, 1.82) is 0 Å². The molecule has 1 saturated heterocycles. The monoisotopic (exact) mass is 187 g/mol. The third kappa shape index (κ3) is 2.42. The summed E-state index contributed by atoms with van der Waals surface area (Å²) in [5.41, 5.74) is 0. The second-order valence-electron chi connectivity index (χ2n) is 3.53. The van der Waals surface area contributed by atoms with Gasteiger partial charge in [0, 0.05) is 13.2 Å². The molecule has 1 aliphatic rings. The van der Waals surface area contributed by atoms with Crippen LogP contribution in [0.2, 0.25) is 0 Å². The average molecular weight is 187 g/mol. The lowest BCUT2D eigenvalue weighted by atomic mass is 9.97. The highest BCUT2D eigenvalue weighted by atomic mass is 16.5. The molecule has 1 fully saturated rings. The van der Waals surface area contributed by atoms with Gasteiger partial charge in [-0.15, -0.1) is 0 Å². The van der Waals surface area contributed by atoms with Crippen LogP contribution >= 0.6 is 0 Å². The molecule has 0 amide bonds. The molecule has 0 aromatic carbocycles. The van der Waals surface area contributed by atoms with Crippen molar-refractivity contribution in [3.05, 3.63) is 0 Å². The molecule has 0 saturated carbocycles. The summed E-state index contributed by atoms with van der Waals surface area (Å²) in [6, 6.07) is 0.205. The van der Waals surface area contributed by atoms with Gasteiger partial charge < -0.3 is 15.2 Å². The highest BCUT2D eigenvalue weighted by molar-refractivity contribution is 5.70. The number of hydrogen-bond acceptors (Lipinski definition) is 3. The summed E-state index contributed by atoms with van der Waals surface area (Å²) in [6.07, 6.45) is 1.91. The van der Waals surface area contributed by atoms with Crippen LogP contribution in [0.3, 0.4) is 0 Å². The zero-order chi connectivity index (χ0) is 9.84. The number of ether oxygens (including phenoxy) is 1. The Morgan fingerprint density at radius 1 is 1.69 bits per heavy atom. The van der Waals surface area contributed by atoms with Gasteiger partial charge in [0.1, 0.15) is 0 Å². The highest BCUT2D eigenvalue weighted by Crippen LogP contribution is 2.18. The molecule has 3 atom stereocenters. The fraction of sp³-hybridized carbons (Fsp3) is 0.889. The first-order valence-electron chi connectivity index (χ1n) is 4.65. The lowest BCUT2D eigenvalue weighted by Crippen LogP contribution is -2.43. The first kappa shape index (κ1) is 10.5. The number of aliphatic carboxylic acids is 1. The maximum absolute atomic E-state index is 10.7. The number of rotatable bonds is 4. The molecule has 4 heteroatoms. The van der Waals surface area contributed by atoms with Crippen LogP contribution in [0.15, 0.2) is 0 Å². The Balaban J connectivity index is 2.54. The molecule has 1 unspecified atom stereocenters. The molecule has 0 aliphatic carbocycles.